The molecule has 0 atom stereocenters. The molecule has 18 heavy (non-hydrogen) atoms. The largest absolute Gasteiger partial charge is 0.343 e. The van der Waals surface area contributed by atoms with E-state index in [1.54, 1.807) is 0 Å². The fourth-order valence-electron chi connectivity index (χ4n) is 2.88. The van der Waals surface area contributed by atoms with Gasteiger partial charge in [-0.2, -0.15) is 0 Å². The molecule has 0 radical (unpaired) electrons. The molecule has 0 aliphatic carbocycles. The van der Waals surface area contributed by atoms with Crippen molar-refractivity contribution in [2.45, 2.75) is 48.9 Å². The number of halogens is 1. The van der Waals surface area contributed by atoms with Crippen molar-refractivity contribution in [1.82, 2.24) is 9.80 Å². The smallest absolute Gasteiger partial charge is 0.222 e. The molecule has 2 saturated heterocycles. The number of alkyl halides is 1. The maximum atomic E-state index is 12.0. The minimum atomic E-state index is 0.387. The second-order valence-corrected chi connectivity index (χ2v) is 7.32. The van der Waals surface area contributed by atoms with Gasteiger partial charge < -0.3 is 9.80 Å². The highest BCUT2D eigenvalue weighted by Crippen LogP contribution is 2.18. The van der Waals surface area contributed by atoms with Gasteiger partial charge in [-0.1, -0.05) is 22.6 Å². The van der Waals surface area contributed by atoms with Gasteiger partial charge in [-0.15, -0.1) is 0 Å². The predicted molar refractivity (Wildman–Crippen MR) is 83.1 cm³/mol. The van der Waals surface area contributed by atoms with Crippen molar-refractivity contribution in [3.05, 3.63) is 0 Å². The number of piperidine rings is 2. The minimum absolute atomic E-state index is 0.387. The molecule has 1 amide bonds. The molecule has 0 saturated carbocycles. The summed E-state index contributed by atoms with van der Waals surface area (Å²) >= 11 is 2.56. The maximum absolute atomic E-state index is 12.0. The van der Waals surface area contributed by atoms with Crippen molar-refractivity contribution in [2.75, 3.05) is 32.7 Å². The summed E-state index contributed by atoms with van der Waals surface area (Å²) in [4.78, 5) is 16.6. The van der Waals surface area contributed by atoms with Crippen molar-refractivity contribution in [3.8, 4) is 0 Å². The van der Waals surface area contributed by atoms with E-state index in [1.807, 2.05) is 0 Å². The molecule has 0 unspecified atom stereocenters. The van der Waals surface area contributed by atoms with Crippen LogP contribution in [-0.4, -0.2) is 52.4 Å². The van der Waals surface area contributed by atoms with Crippen LogP contribution in [0.1, 0.15) is 44.9 Å². The van der Waals surface area contributed by atoms with Gasteiger partial charge in [0.25, 0.3) is 0 Å². The van der Waals surface area contributed by atoms with Crippen molar-refractivity contribution in [3.63, 3.8) is 0 Å². The summed E-state index contributed by atoms with van der Waals surface area (Å²) in [6, 6.07) is 0. The fraction of sp³-hybridized carbons (Fsp3) is 0.929. The lowest BCUT2D eigenvalue weighted by atomic mass is 10.1. The lowest BCUT2D eigenvalue weighted by molar-refractivity contribution is -0.132. The second-order valence-electron chi connectivity index (χ2n) is 5.56. The highest BCUT2D eigenvalue weighted by atomic mass is 127. The first-order chi connectivity index (χ1) is 8.75. The van der Waals surface area contributed by atoms with E-state index in [4.69, 9.17) is 0 Å². The van der Waals surface area contributed by atoms with Gasteiger partial charge in [0.2, 0.25) is 5.91 Å². The Hall–Kier alpha value is 0.160. The van der Waals surface area contributed by atoms with Crippen LogP contribution < -0.4 is 0 Å². The highest BCUT2D eigenvalue weighted by Gasteiger charge is 2.18. The van der Waals surface area contributed by atoms with Gasteiger partial charge in [-0.3, -0.25) is 4.79 Å². The summed E-state index contributed by atoms with van der Waals surface area (Å²) in [7, 11) is 0. The minimum Gasteiger partial charge on any atom is -0.343 e. The molecule has 2 aliphatic heterocycles. The summed E-state index contributed by atoms with van der Waals surface area (Å²) in [5.74, 6) is 0.387. The van der Waals surface area contributed by atoms with Crippen molar-refractivity contribution < 1.29 is 4.79 Å². The topological polar surface area (TPSA) is 23.6 Å². The van der Waals surface area contributed by atoms with Gasteiger partial charge >= 0.3 is 0 Å². The highest BCUT2D eigenvalue weighted by molar-refractivity contribution is 14.1. The first kappa shape index (κ1) is 14.6. The number of nitrogens with zero attached hydrogens (tertiary/aromatic N) is 2. The van der Waals surface area contributed by atoms with Gasteiger partial charge in [-0.05, 0) is 58.2 Å². The Kier molecular flexibility index (Phi) is 6.21. The normalized spacial score (nSPS) is 23.3. The number of carbonyl (C=O) groups is 1. The standard InChI is InChI=1S/C14H25IN2O/c15-13-6-11-16(12-7-13)8-4-5-14(18)17-9-2-1-3-10-17/h13H,1-12H2. The van der Waals surface area contributed by atoms with Crippen LogP contribution in [0.15, 0.2) is 0 Å². The van der Waals surface area contributed by atoms with Gasteiger partial charge in [0.15, 0.2) is 0 Å². The summed E-state index contributed by atoms with van der Waals surface area (Å²) in [5.41, 5.74) is 0. The van der Waals surface area contributed by atoms with Crippen LogP contribution in [-0.2, 0) is 4.79 Å². The first-order valence-corrected chi connectivity index (χ1v) is 8.64. The summed E-state index contributed by atoms with van der Waals surface area (Å²) < 4.78 is 0.869. The van der Waals surface area contributed by atoms with Crippen molar-refractivity contribution in [1.29, 1.82) is 0 Å². The lowest BCUT2D eigenvalue weighted by Gasteiger charge is -2.30. The van der Waals surface area contributed by atoms with Gasteiger partial charge in [0.05, 0.1) is 0 Å². The number of likely N-dealkylation sites (tertiary alicyclic amines) is 2. The van der Waals surface area contributed by atoms with Gasteiger partial charge in [0, 0.05) is 23.4 Å². The SMILES string of the molecule is O=C(CCCN1CCC(I)CC1)N1CCCCC1. The van der Waals surface area contributed by atoms with E-state index in [-0.39, 0.29) is 0 Å². The van der Waals surface area contributed by atoms with E-state index >= 15 is 0 Å². The number of carbonyl (C=O) groups excluding carboxylic acids is 1. The Morgan fingerprint density at radius 1 is 1.06 bits per heavy atom. The molecule has 0 aromatic carbocycles. The zero-order valence-electron chi connectivity index (χ0n) is 11.2. The van der Waals surface area contributed by atoms with Crippen LogP contribution in [0.5, 0.6) is 0 Å². The molecule has 2 rings (SSSR count). The summed E-state index contributed by atoms with van der Waals surface area (Å²) in [6.45, 7) is 5.57. The molecule has 0 N–H and O–H groups in total. The van der Waals surface area contributed by atoms with Crippen LogP contribution in [0.3, 0.4) is 0 Å². The lowest BCUT2D eigenvalue weighted by Crippen LogP contribution is -2.37. The molecule has 0 bridgehead atoms. The third-order valence-corrected chi connectivity index (χ3v) is 5.34. The van der Waals surface area contributed by atoms with Gasteiger partial charge in [-0.25, -0.2) is 0 Å². The zero-order chi connectivity index (χ0) is 12.8. The number of hydrogen-bond acceptors (Lipinski definition) is 2. The van der Waals surface area contributed by atoms with E-state index in [1.165, 1.54) is 45.2 Å². The summed E-state index contributed by atoms with van der Waals surface area (Å²) in [5, 5.41) is 0. The molecule has 2 aliphatic rings. The number of rotatable bonds is 4. The molecule has 3 nitrogen and oxygen atoms in total. The molecule has 0 spiro atoms. The average molecular weight is 364 g/mol. The molecule has 104 valence electrons. The molecular weight excluding hydrogens is 339 g/mol. The Bertz CT molecular complexity index is 259. The summed E-state index contributed by atoms with van der Waals surface area (Å²) in [6.07, 6.45) is 8.14. The predicted octanol–water partition coefficient (Wildman–Crippen LogP) is 2.68. The fourth-order valence-corrected chi connectivity index (χ4v) is 3.44. The Morgan fingerprint density at radius 2 is 1.72 bits per heavy atom. The monoisotopic (exact) mass is 364 g/mol. The Labute approximate surface area is 124 Å². The molecule has 4 heteroatoms. The zero-order valence-corrected chi connectivity index (χ0v) is 13.4. The average Bonchev–Trinajstić information content (AvgIpc) is 2.42. The van der Waals surface area contributed by atoms with E-state index < -0.39 is 0 Å². The molecule has 2 fully saturated rings. The van der Waals surface area contributed by atoms with Crippen molar-refractivity contribution in [2.24, 2.45) is 0 Å². The van der Waals surface area contributed by atoms with E-state index in [2.05, 4.69) is 32.4 Å². The number of amides is 1. The van der Waals surface area contributed by atoms with Crippen LogP contribution in [0, 0.1) is 0 Å². The van der Waals surface area contributed by atoms with Crippen LogP contribution >= 0.6 is 22.6 Å². The molecular formula is C14H25IN2O. The molecule has 2 heterocycles. The van der Waals surface area contributed by atoms with E-state index in [9.17, 15) is 4.79 Å². The van der Waals surface area contributed by atoms with Crippen molar-refractivity contribution >= 4 is 28.5 Å². The first-order valence-electron chi connectivity index (χ1n) is 7.40. The number of hydrogen-bond donors (Lipinski definition) is 0. The Balaban J connectivity index is 1.58. The Morgan fingerprint density at radius 3 is 2.39 bits per heavy atom. The van der Waals surface area contributed by atoms with Crippen LogP contribution in [0.25, 0.3) is 0 Å². The molecule has 0 aromatic rings. The van der Waals surface area contributed by atoms with Gasteiger partial charge in [0.1, 0.15) is 0 Å². The molecule has 0 aromatic heterocycles. The maximum Gasteiger partial charge on any atom is 0.222 e. The van der Waals surface area contributed by atoms with E-state index in [0.29, 0.717) is 5.91 Å². The quantitative estimate of drug-likeness (QED) is 0.566. The van der Waals surface area contributed by atoms with Crippen LogP contribution in [0.4, 0.5) is 0 Å². The third-order valence-electron chi connectivity index (χ3n) is 4.09. The second kappa shape index (κ2) is 7.68. The van der Waals surface area contributed by atoms with Crippen LogP contribution in [0.2, 0.25) is 0 Å². The third kappa shape index (κ3) is 4.68. The van der Waals surface area contributed by atoms with E-state index in [0.717, 1.165) is 36.4 Å².